The summed E-state index contributed by atoms with van der Waals surface area (Å²) < 4.78 is 7.00. The molecule has 25 heavy (non-hydrogen) atoms. The zero-order valence-corrected chi connectivity index (χ0v) is 17.5. The van der Waals surface area contributed by atoms with E-state index < -0.39 is 0 Å². The Kier molecular flexibility index (Phi) is 7.24. The molecule has 3 rings (SSSR count). The van der Waals surface area contributed by atoms with E-state index in [2.05, 4.69) is 35.2 Å². The third-order valence-electron chi connectivity index (χ3n) is 3.60. The van der Waals surface area contributed by atoms with Gasteiger partial charge in [0.05, 0.1) is 10.2 Å². The normalized spacial score (nSPS) is 11.7. The molecule has 0 radical (unpaired) electrons. The van der Waals surface area contributed by atoms with E-state index in [1.54, 1.807) is 11.3 Å². The van der Waals surface area contributed by atoms with Gasteiger partial charge in [-0.3, -0.25) is 0 Å². The number of benzene rings is 1. The summed E-state index contributed by atoms with van der Waals surface area (Å²) in [5, 5.41) is 4.00. The Hall–Kier alpha value is -1.61. The van der Waals surface area contributed by atoms with Crippen molar-refractivity contribution in [1.29, 1.82) is 0 Å². The molecule has 0 aliphatic heterocycles. The number of aromatic nitrogens is 1. The van der Waals surface area contributed by atoms with E-state index in [1.807, 2.05) is 30.3 Å². The van der Waals surface area contributed by atoms with Crippen molar-refractivity contribution in [2.24, 2.45) is 16.6 Å². The minimum Gasteiger partial charge on any atom is -0.457 e. The Morgan fingerprint density at radius 3 is 2.84 bits per heavy atom. The minimum absolute atomic E-state index is 0. The number of fused-ring (bicyclic) bond motifs is 1. The van der Waals surface area contributed by atoms with E-state index >= 15 is 0 Å². The molecule has 0 saturated carbocycles. The lowest BCUT2D eigenvalue weighted by molar-refractivity contribution is 0.524. The van der Waals surface area contributed by atoms with Gasteiger partial charge in [-0.2, -0.15) is 0 Å². The van der Waals surface area contributed by atoms with Gasteiger partial charge in [-0.1, -0.05) is 26.0 Å². The highest BCUT2D eigenvalue weighted by Gasteiger charge is 2.10. The van der Waals surface area contributed by atoms with Crippen LogP contribution in [-0.4, -0.2) is 17.5 Å². The molecule has 2 heterocycles. The summed E-state index contributed by atoms with van der Waals surface area (Å²) in [6.07, 6.45) is 1.07. The van der Waals surface area contributed by atoms with Gasteiger partial charge in [0.1, 0.15) is 12.3 Å². The molecule has 0 fully saturated rings. The minimum atomic E-state index is 0. The highest BCUT2D eigenvalue weighted by Crippen LogP contribution is 2.31. The predicted molar refractivity (Wildman–Crippen MR) is 116 cm³/mol. The third-order valence-corrected chi connectivity index (χ3v) is 4.65. The third kappa shape index (κ3) is 5.43. The van der Waals surface area contributed by atoms with Crippen molar-refractivity contribution in [2.45, 2.75) is 26.8 Å². The van der Waals surface area contributed by atoms with Crippen LogP contribution in [0.5, 0.6) is 0 Å². The van der Waals surface area contributed by atoms with Crippen LogP contribution in [0.4, 0.5) is 0 Å². The first-order valence-corrected chi connectivity index (χ1v) is 8.92. The quantitative estimate of drug-likeness (QED) is 0.313. The standard InChI is InChI=1S/C18H22N4OS.HI/c1-12(2)9-10-20-18(19)21-11-13-7-8-15(23-13)17-22-14-5-3-4-6-16(14)24-17;/h3-8,12H,9-11H2,1-2H3,(H3,19,20,21);1H. The summed E-state index contributed by atoms with van der Waals surface area (Å²) in [5.74, 6) is 2.64. The van der Waals surface area contributed by atoms with E-state index in [0.29, 0.717) is 18.4 Å². The maximum Gasteiger partial charge on any atom is 0.189 e. The summed E-state index contributed by atoms with van der Waals surface area (Å²) in [6, 6.07) is 11.9. The highest BCUT2D eigenvalue weighted by molar-refractivity contribution is 14.0. The molecule has 0 amide bonds. The molecule has 3 aromatic rings. The monoisotopic (exact) mass is 470 g/mol. The van der Waals surface area contributed by atoms with E-state index in [4.69, 9.17) is 10.2 Å². The van der Waals surface area contributed by atoms with Crippen LogP contribution >= 0.6 is 35.3 Å². The number of nitrogens with zero attached hydrogens (tertiary/aromatic N) is 2. The van der Waals surface area contributed by atoms with Gasteiger partial charge in [0.25, 0.3) is 0 Å². The van der Waals surface area contributed by atoms with E-state index in [0.717, 1.165) is 39.7 Å². The average Bonchev–Trinajstić information content (AvgIpc) is 3.19. The molecule has 0 saturated heterocycles. The number of thiazole rings is 1. The second-order valence-electron chi connectivity index (χ2n) is 6.06. The van der Waals surface area contributed by atoms with Gasteiger partial charge in [-0.15, -0.1) is 35.3 Å². The molecule has 0 spiro atoms. The molecule has 1 aromatic carbocycles. The smallest absolute Gasteiger partial charge is 0.189 e. The maximum absolute atomic E-state index is 5.86. The summed E-state index contributed by atoms with van der Waals surface area (Å²) >= 11 is 1.62. The number of guanidine groups is 1. The molecule has 0 atom stereocenters. The van der Waals surface area contributed by atoms with Gasteiger partial charge in [-0.05, 0) is 36.6 Å². The topological polar surface area (TPSA) is 76.4 Å². The largest absolute Gasteiger partial charge is 0.457 e. The fourth-order valence-corrected chi connectivity index (χ4v) is 3.19. The van der Waals surface area contributed by atoms with Gasteiger partial charge < -0.3 is 15.5 Å². The van der Waals surface area contributed by atoms with Crippen LogP contribution < -0.4 is 11.1 Å². The van der Waals surface area contributed by atoms with Gasteiger partial charge in [0.15, 0.2) is 16.7 Å². The van der Waals surface area contributed by atoms with Crippen LogP contribution in [0.25, 0.3) is 21.0 Å². The second kappa shape index (κ2) is 9.19. The lowest BCUT2D eigenvalue weighted by atomic mass is 10.1. The average molecular weight is 470 g/mol. The first-order valence-electron chi connectivity index (χ1n) is 8.10. The van der Waals surface area contributed by atoms with Gasteiger partial charge in [0, 0.05) is 6.54 Å². The number of rotatable bonds is 6. The van der Waals surface area contributed by atoms with E-state index in [1.165, 1.54) is 0 Å². The molecule has 0 aliphatic carbocycles. The summed E-state index contributed by atoms with van der Waals surface area (Å²) in [6.45, 7) is 5.62. The Balaban J connectivity index is 0.00000225. The summed E-state index contributed by atoms with van der Waals surface area (Å²) in [5.41, 5.74) is 6.86. The number of aliphatic imine (C=N–C) groups is 1. The van der Waals surface area contributed by atoms with E-state index in [-0.39, 0.29) is 24.0 Å². The molecule has 134 valence electrons. The predicted octanol–water partition coefficient (Wildman–Crippen LogP) is 4.62. The van der Waals surface area contributed by atoms with Crippen LogP contribution in [0.15, 0.2) is 45.8 Å². The molecular formula is C18H23IN4OS. The van der Waals surface area contributed by atoms with E-state index in [9.17, 15) is 0 Å². The van der Waals surface area contributed by atoms with Crippen LogP contribution in [0.2, 0.25) is 0 Å². The number of para-hydroxylation sites is 1. The Morgan fingerprint density at radius 2 is 2.08 bits per heavy atom. The van der Waals surface area contributed by atoms with Crippen molar-refractivity contribution in [3.63, 3.8) is 0 Å². The van der Waals surface area contributed by atoms with Crippen molar-refractivity contribution in [3.8, 4) is 10.8 Å². The number of halogens is 1. The molecule has 5 nitrogen and oxygen atoms in total. The first kappa shape index (κ1) is 19.7. The zero-order valence-electron chi connectivity index (χ0n) is 14.4. The number of hydrogen-bond donors (Lipinski definition) is 2. The van der Waals surface area contributed by atoms with Crippen molar-refractivity contribution < 1.29 is 4.42 Å². The maximum atomic E-state index is 5.86. The SMILES string of the molecule is CC(C)CCNC(N)=NCc1ccc(-c2nc3ccccc3s2)o1.I. The van der Waals surface area contributed by atoms with Gasteiger partial charge in [-0.25, -0.2) is 9.98 Å². The van der Waals surface area contributed by atoms with Crippen molar-refractivity contribution in [3.05, 3.63) is 42.2 Å². The van der Waals surface area contributed by atoms with Gasteiger partial charge in [0.2, 0.25) is 0 Å². The number of hydrogen-bond acceptors (Lipinski definition) is 4. The van der Waals surface area contributed by atoms with Crippen LogP contribution in [0.1, 0.15) is 26.0 Å². The van der Waals surface area contributed by atoms with Crippen molar-refractivity contribution >= 4 is 51.5 Å². The molecular weight excluding hydrogens is 447 g/mol. The zero-order chi connectivity index (χ0) is 16.9. The van der Waals surface area contributed by atoms with Gasteiger partial charge >= 0.3 is 0 Å². The molecule has 7 heteroatoms. The molecule has 0 bridgehead atoms. The van der Waals surface area contributed by atoms with Crippen molar-refractivity contribution in [2.75, 3.05) is 6.54 Å². The first-order chi connectivity index (χ1) is 11.6. The molecule has 0 aliphatic rings. The number of nitrogens with two attached hydrogens (primary N) is 1. The Labute approximate surface area is 168 Å². The van der Waals surface area contributed by atoms with Crippen molar-refractivity contribution in [1.82, 2.24) is 10.3 Å². The lowest BCUT2D eigenvalue weighted by Crippen LogP contribution is -2.32. The van der Waals surface area contributed by atoms with Crippen LogP contribution in [0, 0.1) is 5.92 Å². The van der Waals surface area contributed by atoms with Crippen LogP contribution in [0.3, 0.4) is 0 Å². The summed E-state index contributed by atoms with van der Waals surface area (Å²) in [7, 11) is 0. The second-order valence-corrected chi connectivity index (χ2v) is 7.09. The number of furan rings is 1. The molecule has 3 N–H and O–H groups in total. The fourth-order valence-electron chi connectivity index (χ4n) is 2.26. The lowest BCUT2D eigenvalue weighted by Gasteiger charge is -2.06. The summed E-state index contributed by atoms with van der Waals surface area (Å²) in [4.78, 5) is 8.91. The Morgan fingerprint density at radius 1 is 1.28 bits per heavy atom. The molecule has 0 unspecified atom stereocenters. The highest BCUT2D eigenvalue weighted by atomic mass is 127. The fraction of sp³-hybridized carbons (Fsp3) is 0.333. The Bertz CT molecular complexity index is 807. The molecule has 2 aromatic heterocycles. The van der Waals surface area contributed by atoms with Crippen LogP contribution in [-0.2, 0) is 6.54 Å². The number of nitrogens with one attached hydrogen (secondary N) is 1.